The number of thiocarbonyl (C=S) groups is 1. The number of nitrogens with zero attached hydrogens (tertiary/aromatic N) is 1. The number of methoxy groups -OCH3 is 2. The van der Waals surface area contributed by atoms with Crippen LogP contribution < -0.4 is 20.1 Å². The van der Waals surface area contributed by atoms with Crippen LogP contribution in [0.3, 0.4) is 0 Å². The van der Waals surface area contributed by atoms with Gasteiger partial charge in [0.05, 0.1) is 25.2 Å². The van der Waals surface area contributed by atoms with E-state index in [1.165, 1.54) is 20.3 Å². The first kappa shape index (κ1) is 20.4. The Labute approximate surface area is 163 Å². The summed E-state index contributed by atoms with van der Waals surface area (Å²) in [5.74, 6) is 0.780. The lowest BCUT2D eigenvalue weighted by molar-refractivity contribution is -0.385. The Hall–Kier alpha value is -2.87. The van der Waals surface area contributed by atoms with Gasteiger partial charge in [-0.05, 0) is 55.7 Å². The summed E-state index contributed by atoms with van der Waals surface area (Å²) in [5, 5.41) is 18.1. The molecule has 0 bridgehead atoms. The Bertz CT molecular complexity index is 855. The maximum Gasteiger partial charge on any atom is 0.276 e. The van der Waals surface area contributed by atoms with Crippen LogP contribution in [0.1, 0.15) is 16.7 Å². The Balaban J connectivity index is 2.04. The van der Waals surface area contributed by atoms with E-state index in [-0.39, 0.29) is 5.69 Å². The van der Waals surface area contributed by atoms with Gasteiger partial charge in [-0.1, -0.05) is 12.1 Å². The standard InChI is InChI=1S/C19H23N3O4S/c1-12-5-6-13(2)15(9-12)21-19(27)20-8-7-14-10-17(25-3)18(26-4)11-16(14)22(23)24/h5-6,9-11H,7-8H2,1-4H3,(H2,20,21,27). The molecule has 27 heavy (non-hydrogen) atoms. The number of nitro groups is 1. The fourth-order valence-electron chi connectivity index (χ4n) is 2.63. The summed E-state index contributed by atoms with van der Waals surface area (Å²) in [5.41, 5.74) is 3.68. The van der Waals surface area contributed by atoms with Gasteiger partial charge in [0.15, 0.2) is 16.6 Å². The number of hydrogen-bond donors (Lipinski definition) is 2. The van der Waals surface area contributed by atoms with E-state index in [4.69, 9.17) is 21.7 Å². The van der Waals surface area contributed by atoms with Gasteiger partial charge in [0, 0.05) is 17.8 Å². The van der Waals surface area contributed by atoms with Crippen molar-refractivity contribution in [3.8, 4) is 11.5 Å². The Morgan fingerprint density at radius 2 is 1.81 bits per heavy atom. The second-order valence-electron chi connectivity index (χ2n) is 6.04. The van der Waals surface area contributed by atoms with Crippen molar-refractivity contribution in [1.29, 1.82) is 0 Å². The molecular formula is C19H23N3O4S. The van der Waals surface area contributed by atoms with Gasteiger partial charge in [0.25, 0.3) is 5.69 Å². The van der Waals surface area contributed by atoms with Gasteiger partial charge >= 0.3 is 0 Å². The first-order chi connectivity index (χ1) is 12.8. The quantitative estimate of drug-likeness (QED) is 0.424. The summed E-state index contributed by atoms with van der Waals surface area (Å²) < 4.78 is 10.4. The highest BCUT2D eigenvalue weighted by atomic mass is 32.1. The van der Waals surface area contributed by atoms with Crippen LogP contribution in [0.25, 0.3) is 0 Å². The Morgan fingerprint density at radius 3 is 2.44 bits per heavy atom. The predicted molar refractivity (Wildman–Crippen MR) is 110 cm³/mol. The molecule has 0 saturated carbocycles. The summed E-state index contributed by atoms with van der Waals surface area (Å²) in [4.78, 5) is 10.9. The fourth-order valence-corrected chi connectivity index (χ4v) is 2.84. The van der Waals surface area contributed by atoms with E-state index >= 15 is 0 Å². The molecule has 0 amide bonds. The third kappa shape index (κ3) is 5.30. The molecule has 0 fully saturated rings. The zero-order chi connectivity index (χ0) is 20.0. The number of rotatable bonds is 7. The first-order valence-corrected chi connectivity index (χ1v) is 8.78. The maximum absolute atomic E-state index is 11.3. The van der Waals surface area contributed by atoms with Crippen molar-refractivity contribution in [3.63, 3.8) is 0 Å². The molecule has 0 atom stereocenters. The van der Waals surface area contributed by atoms with Crippen molar-refractivity contribution < 1.29 is 14.4 Å². The van der Waals surface area contributed by atoms with Gasteiger partial charge in [-0.25, -0.2) is 0 Å². The highest BCUT2D eigenvalue weighted by Crippen LogP contribution is 2.34. The average Bonchev–Trinajstić information content (AvgIpc) is 2.64. The molecular weight excluding hydrogens is 366 g/mol. The third-order valence-corrected chi connectivity index (χ3v) is 4.35. The summed E-state index contributed by atoms with van der Waals surface area (Å²) >= 11 is 5.33. The molecule has 0 radical (unpaired) electrons. The molecule has 144 valence electrons. The number of nitrogens with one attached hydrogen (secondary N) is 2. The molecule has 0 aliphatic rings. The Kier molecular flexibility index (Phi) is 6.95. The smallest absolute Gasteiger partial charge is 0.276 e. The largest absolute Gasteiger partial charge is 0.493 e. The lowest BCUT2D eigenvalue weighted by Crippen LogP contribution is -2.30. The summed E-state index contributed by atoms with van der Waals surface area (Å²) in [6.07, 6.45) is 0.408. The number of nitro benzene ring substituents is 1. The number of ether oxygens (including phenoxy) is 2. The molecule has 0 aliphatic carbocycles. The minimum atomic E-state index is -0.427. The minimum absolute atomic E-state index is 0.0112. The molecule has 7 nitrogen and oxygen atoms in total. The van der Waals surface area contributed by atoms with Crippen molar-refractivity contribution in [2.45, 2.75) is 20.3 Å². The maximum atomic E-state index is 11.3. The summed E-state index contributed by atoms with van der Waals surface area (Å²) in [6.45, 7) is 4.45. The molecule has 0 aromatic heterocycles. The van der Waals surface area contributed by atoms with E-state index in [2.05, 4.69) is 10.6 Å². The molecule has 2 aromatic carbocycles. The molecule has 0 spiro atoms. The summed E-state index contributed by atoms with van der Waals surface area (Å²) in [7, 11) is 2.94. The van der Waals surface area contributed by atoms with Crippen molar-refractivity contribution in [3.05, 3.63) is 57.1 Å². The lowest BCUT2D eigenvalue weighted by Gasteiger charge is -2.14. The summed E-state index contributed by atoms with van der Waals surface area (Å²) in [6, 6.07) is 9.07. The van der Waals surface area contributed by atoms with Crippen LogP contribution in [-0.2, 0) is 6.42 Å². The lowest BCUT2D eigenvalue weighted by atomic mass is 10.1. The van der Waals surface area contributed by atoms with Gasteiger partial charge in [-0.3, -0.25) is 10.1 Å². The van der Waals surface area contributed by atoms with E-state index in [1.54, 1.807) is 6.07 Å². The zero-order valence-corrected chi connectivity index (χ0v) is 16.6. The third-order valence-electron chi connectivity index (χ3n) is 4.10. The molecule has 0 unspecified atom stereocenters. The van der Waals surface area contributed by atoms with E-state index in [9.17, 15) is 10.1 Å². The second kappa shape index (κ2) is 9.18. The number of benzene rings is 2. The van der Waals surface area contributed by atoms with Gasteiger partial charge in [0.1, 0.15) is 0 Å². The van der Waals surface area contributed by atoms with Crippen LogP contribution in [0.2, 0.25) is 0 Å². The molecule has 2 rings (SSSR count). The number of anilines is 1. The van der Waals surface area contributed by atoms with Crippen LogP contribution in [0, 0.1) is 24.0 Å². The molecule has 8 heteroatoms. The monoisotopic (exact) mass is 389 g/mol. The Morgan fingerprint density at radius 1 is 1.15 bits per heavy atom. The van der Waals surface area contributed by atoms with E-state index in [1.807, 2.05) is 32.0 Å². The van der Waals surface area contributed by atoms with Gasteiger partial charge in [-0.15, -0.1) is 0 Å². The number of hydrogen-bond acceptors (Lipinski definition) is 5. The second-order valence-corrected chi connectivity index (χ2v) is 6.45. The molecule has 2 aromatic rings. The molecule has 2 N–H and O–H groups in total. The van der Waals surface area contributed by atoms with E-state index in [0.717, 1.165) is 16.8 Å². The zero-order valence-electron chi connectivity index (χ0n) is 15.8. The topological polar surface area (TPSA) is 85.7 Å². The van der Waals surface area contributed by atoms with Gasteiger partial charge < -0.3 is 20.1 Å². The molecule has 0 saturated heterocycles. The predicted octanol–water partition coefficient (Wildman–Crippen LogP) is 3.76. The molecule has 0 heterocycles. The van der Waals surface area contributed by atoms with Crippen molar-refractivity contribution >= 4 is 28.7 Å². The van der Waals surface area contributed by atoms with Crippen LogP contribution >= 0.6 is 12.2 Å². The van der Waals surface area contributed by atoms with Gasteiger partial charge in [-0.2, -0.15) is 0 Å². The van der Waals surface area contributed by atoms with Crippen LogP contribution in [-0.4, -0.2) is 30.8 Å². The van der Waals surface area contributed by atoms with Crippen molar-refractivity contribution in [2.24, 2.45) is 0 Å². The highest BCUT2D eigenvalue weighted by Gasteiger charge is 2.19. The molecule has 0 aliphatic heterocycles. The van der Waals surface area contributed by atoms with Gasteiger partial charge in [0.2, 0.25) is 0 Å². The van der Waals surface area contributed by atoms with Crippen molar-refractivity contribution in [2.75, 3.05) is 26.1 Å². The van der Waals surface area contributed by atoms with Crippen molar-refractivity contribution in [1.82, 2.24) is 5.32 Å². The van der Waals surface area contributed by atoms with Crippen LogP contribution in [0.15, 0.2) is 30.3 Å². The number of aryl methyl sites for hydroxylation is 2. The minimum Gasteiger partial charge on any atom is -0.493 e. The van der Waals surface area contributed by atoms with E-state index in [0.29, 0.717) is 35.1 Å². The SMILES string of the molecule is COc1cc(CCNC(=S)Nc2cc(C)ccc2C)c([N+](=O)[O-])cc1OC. The fraction of sp³-hybridized carbons (Fsp3) is 0.316. The first-order valence-electron chi connectivity index (χ1n) is 8.37. The average molecular weight is 389 g/mol. The van der Waals surface area contributed by atoms with Crippen LogP contribution in [0.5, 0.6) is 11.5 Å². The van der Waals surface area contributed by atoms with Crippen LogP contribution in [0.4, 0.5) is 11.4 Å². The van der Waals surface area contributed by atoms with E-state index < -0.39 is 4.92 Å². The highest BCUT2D eigenvalue weighted by molar-refractivity contribution is 7.80. The normalized spacial score (nSPS) is 10.2.